The lowest BCUT2D eigenvalue weighted by Gasteiger charge is -2.19. The third kappa shape index (κ3) is 4.82. The molecule has 2 heterocycles. The van der Waals surface area contributed by atoms with E-state index in [9.17, 15) is 23.7 Å². The van der Waals surface area contributed by atoms with Gasteiger partial charge in [0.1, 0.15) is 11.6 Å². The average Bonchev–Trinajstić information content (AvgIpc) is 3.57. The van der Waals surface area contributed by atoms with Crippen LogP contribution in [0, 0.1) is 50.4 Å². The highest BCUT2D eigenvalue weighted by Gasteiger charge is 2.32. The van der Waals surface area contributed by atoms with Crippen LogP contribution in [0.5, 0.6) is 0 Å². The number of nitrogens with zero attached hydrogens (tertiary/aromatic N) is 4. The summed E-state index contributed by atoms with van der Waals surface area (Å²) in [5, 5.41) is 24.9. The Labute approximate surface area is 286 Å². The van der Waals surface area contributed by atoms with Crippen molar-refractivity contribution in [1.29, 1.82) is 10.5 Å². The molecule has 50 heavy (non-hydrogen) atoms. The summed E-state index contributed by atoms with van der Waals surface area (Å²) in [6, 6.07) is 36.0. The van der Waals surface area contributed by atoms with Gasteiger partial charge < -0.3 is 9.13 Å². The Morgan fingerprint density at radius 3 is 1.20 bits per heavy atom. The fourth-order valence-electron chi connectivity index (χ4n) is 7.29. The van der Waals surface area contributed by atoms with Gasteiger partial charge in [-0.25, -0.2) is 0 Å². The van der Waals surface area contributed by atoms with Gasteiger partial charge in [-0.15, -0.1) is 0 Å². The monoisotopic (exact) mass is 658 g/mol. The third-order valence-electron chi connectivity index (χ3n) is 9.57. The molecule has 0 atom stereocenters. The molecule has 0 N–H and O–H groups in total. The minimum Gasteiger partial charge on any atom is -0.308 e. The van der Waals surface area contributed by atoms with Crippen molar-refractivity contribution in [2.24, 2.45) is 0 Å². The molecule has 0 unspecified atom stereocenters. The number of halogens is 3. The van der Waals surface area contributed by atoms with Gasteiger partial charge >= 0.3 is 6.18 Å². The van der Waals surface area contributed by atoms with Crippen LogP contribution in [0.1, 0.15) is 38.9 Å². The molecular weight excluding hydrogens is 629 g/mol. The van der Waals surface area contributed by atoms with E-state index in [0.29, 0.717) is 22.5 Å². The number of aromatic nitrogens is 2. The highest BCUT2D eigenvalue weighted by atomic mass is 19.4. The van der Waals surface area contributed by atoms with Gasteiger partial charge in [0.25, 0.3) is 0 Å². The lowest BCUT2D eigenvalue weighted by atomic mass is 9.96. The van der Waals surface area contributed by atoms with Crippen LogP contribution in [0.3, 0.4) is 0 Å². The van der Waals surface area contributed by atoms with E-state index in [0.717, 1.165) is 78.0 Å². The molecule has 8 aromatic rings. The summed E-state index contributed by atoms with van der Waals surface area (Å²) in [5.74, 6) is 0. The van der Waals surface area contributed by atoms with Crippen molar-refractivity contribution in [3.05, 3.63) is 142 Å². The normalized spacial score (nSPS) is 11.9. The van der Waals surface area contributed by atoms with Gasteiger partial charge in [-0.05, 0) is 118 Å². The maximum absolute atomic E-state index is 14.2. The first-order valence-electron chi connectivity index (χ1n) is 16.2. The van der Waals surface area contributed by atoms with E-state index in [2.05, 4.69) is 30.3 Å². The number of benzene rings is 6. The molecule has 242 valence electrons. The van der Waals surface area contributed by atoms with E-state index in [4.69, 9.17) is 0 Å². The molecular formula is C43H29F3N4. The number of rotatable bonds is 3. The minimum absolute atomic E-state index is 0.104. The first kappa shape index (κ1) is 31.0. The second-order valence-corrected chi connectivity index (χ2v) is 13.2. The average molecular weight is 659 g/mol. The largest absolute Gasteiger partial charge is 0.416 e. The molecule has 0 aliphatic carbocycles. The minimum atomic E-state index is -4.66. The van der Waals surface area contributed by atoms with Gasteiger partial charge in [-0.2, -0.15) is 23.7 Å². The van der Waals surface area contributed by atoms with Crippen LogP contribution >= 0.6 is 0 Å². The fourth-order valence-corrected chi connectivity index (χ4v) is 7.29. The van der Waals surface area contributed by atoms with Crippen LogP contribution in [-0.4, -0.2) is 9.13 Å². The zero-order chi connectivity index (χ0) is 35.1. The zero-order valence-electron chi connectivity index (χ0n) is 27.7. The summed E-state index contributed by atoms with van der Waals surface area (Å²) in [6.07, 6.45) is -4.66. The molecule has 2 aromatic heterocycles. The summed E-state index contributed by atoms with van der Waals surface area (Å²) in [7, 11) is 0. The summed E-state index contributed by atoms with van der Waals surface area (Å²) in [6.45, 7) is 8.13. The van der Waals surface area contributed by atoms with Gasteiger partial charge in [0, 0.05) is 21.5 Å². The summed E-state index contributed by atoms with van der Waals surface area (Å²) < 4.78 is 46.6. The lowest BCUT2D eigenvalue weighted by molar-refractivity contribution is -0.137. The van der Waals surface area contributed by atoms with Crippen molar-refractivity contribution in [3.63, 3.8) is 0 Å². The highest BCUT2D eigenvalue weighted by molar-refractivity contribution is 6.11. The van der Waals surface area contributed by atoms with Crippen molar-refractivity contribution in [2.75, 3.05) is 0 Å². The van der Waals surface area contributed by atoms with Crippen LogP contribution < -0.4 is 0 Å². The molecule has 7 heteroatoms. The van der Waals surface area contributed by atoms with Crippen LogP contribution in [0.25, 0.3) is 66.1 Å². The second kappa shape index (κ2) is 11.1. The first-order valence-corrected chi connectivity index (χ1v) is 16.2. The summed E-state index contributed by atoms with van der Waals surface area (Å²) >= 11 is 0. The standard InChI is InChI=1S/C43H29F3N4/c1-24-5-9-37-32(13-24)33-14-25(2)6-10-38(33)49(37)41-20-30(29-17-28(22-47)18-31(19-29)43(44,45)46)21-42(36(41)23-48)50-39-11-7-26(3)15-34(39)35-16-27(4)8-12-40(35)50/h5-21H,1-4H3. The molecule has 0 aliphatic rings. The van der Waals surface area contributed by atoms with Crippen LogP contribution in [0.2, 0.25) is 0 Å². The first-order chi connectivity index (χ1) is 23.9. The Bertz CT molecular complexity index is 2550. The van der Waals surface area contributed by atoms with E-state index in [1.54, 1.807) is 12.1 Å². The highest BCUT2D eigenvalue weighted by Crippen LogP contribution is 2.42. The van der Waals surface area contributed by atoms with E-state index in [-0.39, 0.29) is 11.1 Å². The Morgan fingerprint density at radius 1 is 0.480 bits per heavy atom. The Morgan fingerprint density at radius 2 is 0.860 bits per heavy atom. The Balaban J connectivity index is 1.57. The molecule has 6 aromatic carbocycles. The third-order valence-corrected chi connectivity index (χ3v) is 9.57. The Kier molecular flexibility index (Phi) is 6.89. The fraction of sp³-hybridized carbons (Fsp3) is 0.116. The Hall–Kier alpha value is -6.31. The number of hydrogen-bond acceptors (Lipinski definition) is 2. The van der Waals surface area contributed by atoms with Gasteiger partial charge in [0.15, 0.2) is 0 Å². The van der Waals surface area contributed by atoms with E-state index >= 15 is 0 Å². The molecule has 0 saturated heterocycles. The van der Waals surface area contributed by atoms with Gasteiger partial charge in [0.05, 0.1) is 50.6 Å². The lowest BCUT2D eigenvalue weighted by Crippen LogP contribution is -2.07. The predicted molar refractivity (Wildman–Crippen MR) is 194 cm³/mol. The molecule has 4 nitrogen and oxygen atoms in total. The number of alkyl halides is 3. The second-order valence-electron chi connectivity index (χ2n) is 13.2. The molecule has 0 saturated carbocycles. The molecule has 0 bridgehead atoms. The van der Waals surface area contributed by atoms with Crippen molar-refractivity contribution in [1.82, 2.24) is 9.13 Å². The van der Waals surface area contributed by atoms with Gasteiger partial charge in [-0.3, -0.25) is 0 Å². The number of fused-ring (bicyclic) bond motifs is 6. The van der Waals surface area contributed by atoms with E-state index < -0.39 is 11.7 Å². The van der Waals surface area contributed by atoms with Crippen molar-refractivity contribution < 1.29 is 13.2 Å². The molecule has 0 amide bonds. The maximum Gasteiger partial charge on any atom is 0.416 e. The smallest absolute Gasteiger partial charge is 0.308 e. The van der Waals surface area contributed by atoms with Crippen molar-refractivity contribution in [3.8, 4) is 34.6 Å². The number of nitriles is 2. The number of aryl methyl sites for hydroxylation is 4. The van der Waals surface area contributed by atoms with Crippen molar-refractivity contribution >= 4 is 43.6 Å². The molecule has 8 rings (SSSR count). The topological polar surface area (TPSA) is 57.4 Å². The van der Waals surface area contributed by atoms with Crippen LogP contribution in [0.15, 0.2) is 103 Å². The molecule has 0 fully saturated rings. The SMILES string of the molecule is Cc1ccc2c(c1)c1cc(C)ccc1n2-c1cc(-c2cc(C#N)cc(C(F)(F)F)c2)cc(-n2c3ccc(C)cc3c3cc(C)ccc32)c1C#N. The predicted octanol–water partition coefficient (Wildman–Crippen LogP) is 11.5. The summed E-state index contributed by atoms with van der Waals surface area (Å²) in [5.41, 5.74) is 8.86. The zero-order valence-corrected chi connectivity index (χ0v) is 27.7. The maximum atomic E-state index is 14.2. The van der Waals surface area contributed by atoms with E-state index in [1.807, 2.05) is 91.4 Å². The van der Waals surface area contributed by atoms with Gasteiger partial charge in [0.2, 0.25) is 0 Å². The van der Waals surface area contributed by atoms with Crippen molar-refractivity contribution in [2.45, 2.75) is 33.9 Å². The quantitative estimate of drug-likeness (QED) is 0.190. The molecule has 0 radical (unpaired) electrons. The summed E-state index contributed by atoms with van der Waals surface area (Å²) in [4.78, 5) is 0. The van der Waals surface area contributed by atoms with Gasteiger partial charge in [-0.1, -0.05) is 46.5 Å². The molecule has 0 spiro atoms. The van der Waals surface area contributed by atoms with E-state index in [1.165, 1.54) is 6.07 Å². The molecule has 0 aliphatic heterocycles. The van der Waals surface area contributed by atoms with Crippen LogP contribution in [0.4, 0.5) is 13.2 Å². The van der Waals surface area contributed by atoms with Crippen LogP contribution in [-0.2, 0) is 6.18 Å². The number of hydrogen-bond donors (Lipinski definition) is 0.